The van der Waals surface area contributed by atoms with Gasteiger partial charge in [0, 0.05) is 0 Å². The first-order valence-corrected chi connectivity index (χ1v) is 8.22. The van der Waals surface area contributed by atoms with E-state index in [1.807, 2.05) is 6.07 Å². The van der Waals surface area contributed by atoms with E-state index in [1.54, 1.807) is 24.3 Å². The van der Waals surface area contributed by atoms with Crippen molar-refractivity contribution in [3.8, 4) is 11.8 Å². The van der Waals surface area contributed by atoms with Gasteiger partial charge in [0.2, 0.25) is 0 Å². The lowest BCUT2D eigenvalue weighted by Gasteiger charge is -2.18. The maximum absolute atomic E-state index is 13.1. The molecule has 1 amide bonds. The van der Waals surface area contributed by atoms with Gasteiger partial charge in [-0.2, -0.15) is 5.26 Å². The predicted molar refractivity (Wildman–Crippen MR) is 95.2 cm³/mol. The Labute approximate surface area is 156 Å². The average molecular weight is 370 g/mol. The second-order valence-corrected chi connectivity index (χ2v) is 5.72. The Bertz CT molecular complexity index is 813. The van der Waals surface area contributed by atoms with Crippen molar-refractivity contribution in [3.63, 3.8) is 0 Å². The quantitative estimate of drug-likeness (QED) is 0.722. The molecule has 0 aliphatic carbocycles. The van der Waals surface area contributed by atoms with E-state index < -0.39 is 23.7 Å². The normalized spacial score (nSPS) is 11.1. The Balaban J connectivity index is 1.97. The van der Waals surface area contributed by atoms with Gasteiger partial charge in [-0.05, 0) is 35.4 Å². The number of ether oxygens (including phenoxy) is 2. The van der Waals surface area contributed by atoms with Gasteiger partial charge in [-0.15, -0.1) is 0 Å². The fourth-order valence-corrected chi connectivity index (χ4v) is 2.38. The van der Waals surface area contributed by atoms with E-state index in [-0.39, 0.29) is 13.0 Å². The van der Waals surface area contributed by atoms with Gasteiger partial charge in [-0.1, -0.05) is 24.3 Å². The van der Waals surface area contributed by atoms with E-state index in [9.17, 15) is 14.0 Å². The summed E-state index contributed by atoms with van der Waals surface area (Å²) in [7, 11) is 1.25. The van der Waals surface area contributed by atoms with Crippen molar-refractivity contribution in [2.75, 3.05) is 13.7 Å². The first-order valence-electron chi connectivity index (χ1n) is 8.22. The minimum absolute atomic E-state index is 0.0866. The summed E-state index contributed by atoms with van der Waals surface area (Å²) in [4.78, 5) is 23.8. The first kappa shape index (κ1) is 19.9. The SMILES string of the molecule is COC(=O)CC(NC(=O)COc1ccc(CC#N)cc1)c1ccc(F)cc1. The number of halogens is 1. The fourth-order valence-electron chi connectivity index (χ4n) is 2.38. The lowest BCUT2D eigenvalue weighted by molar-refractivity contribution is -0.141. The van der Waals surface area contributed by atoms with E-state index in [1.165, 1.54) is 31.4 Å². The third kappa shape index (κ3) is 6.44. The summed E-state index contributed by atoms with van der Waals surface area (Å²) in [6.07, 6.45) is 0.213. The van der Waals surface area contributed by atoms with Crippen molar-refractivity contribution < 1.29 is 23.5 Å². The standard InChI is InChI=1S/C20H19FN2O4/c1-26-20(25)12-18(15-4-6-16(21)7-5-15)23-19(24)13-27-17-8-2-14(3-9-17)10-11-22/h2-9,18H,10,12-13H2,1H3,(H,23,24). The lowest BCUT2D eigenvalue weighted by atomic mass is 10.0. The Hall–Kier alpha value is -3.40. The molecule has 0 bridgehead atoms. The molecular weight excluding hydrogens is 351 g/mol. The second kappa shape index (κ2) is 9.92. The zero-order valence-corrected chi connectivity index (χ0v) is 14.8. The van der Waals surface area contributed by atoms with Crippen LogP contribution in [0.15, 0.2) is 48.5 Å². The molecular formula is C20H19FN2O4. The van der Waals surface area contributed by atoms with Crippen LogP contribution in [-0.2, 0) is 20.7 Å². The van der Waals surface area contributed by atoms with Crippen molar-refractivity contribution in [2.45, 2.75) is 18.9 Å². The molecule has 0 radical (unpaired) electrons. The van der Waals surface area contributed by atoms with E-state index in [2.05, 4.69) is 10.1 Å². The maximum atomic E-state index is 13.1. The van der Waals surface area contributed by atoms with Crippen molar-refractivity contribution in [2.24, 2.45) is 0 Å². The number of methoxy groups -OCH3 is 1. The summed E-state index contributed by atoms with van der Waals surface area (Å²) in [6, 6.07) is 13.7. The molecule has 27 heavy (non-hydrogen) atoms. The number of benzene rings is 2. The van der Waals surface area contributed by atoms with Crippen LogP contribution in [0.25, 0.3) is 0 Å². The van der Waals surface area contributed by atoms with Gasteiger partial charge in [-0.25, -0.2) is 4.39 Å². The number of rotatable bonds is 8. The summed E-state index contributed by atoms with van der Waals surface area (Å²) < 4.78 is 23.2. The molecule has 0 fully saturated rings. The molecule has 1 unspecified atom stereocenters. The van der Waals surface area contributed by atoms with Crippen LogP contribution in [0.4, 0.5) is 4.39 Å². The van der Waals surface area contributed by atoms with Gasteiger partial charge in [0.1, 0.15) is 11.6 Å². The minimum Gasteiger partial charge on any atom is -0.484 e. The molecule has 0 saturated heterocycles. The molecule has 2 aromatic rings. The third-order valence-corrected chi connectivity index (χ3v) is 3.78. The van der Waals surface area contributed by atoms with Gasteiger partial charge in [0.05, 0.1) is 32.1 Å². The lowest BCUT2D eigenvalue weighted by Crippen LogP contribution is -2.34. The first-order chi connectivity index (χ1) is 13.0. The topological polar surface area (TPSA) is 88.4 Å². The van der Waals surface area contributed by atoms with Crippen LogP contribution in [0.1, 0.15) is 23.6 Å². The molecule has 0 saturated carbocycles. The number of hydrogen-bond acceptors (Lipinski definition) is 5. The molecule has 140 valence electrons. The molecule has 7 heteroatoms. The Kier molecular flexibility index (Phi) is 7.32. The van der Waals surface area contributed by atoms with Crippen LogP contribution < -0.4 is 10.1 Å². The van der Waals surface area contributed by atoms with Gasteiger partial charge in [-0.3, -0.25) is 9.59 Å². The van der Waals surface area contributed by atoms with Crippen LogP contribution in [0.5, 0.6) is 5.75 Å². The number of carbonyl (C=O) groups excluding carboxylic acids is 2. The number of nitriles is 1. The average Bonchev–Trinajstić information content (AvgIpc) is 2.67. The van der Waals surface area contributed by atoms with Gasteiger partial charge < -0.3 is 14.8 Å². The van der Waals surface area contributed by atoms with Gasteiger partial charge in [0.15, 0.2) is 6.61 Å². The largest absolute Gasteiger partial charge is 0.484 e. The summed E-state index contributed by atoms with van der Waals surface area (Å²) in [5.74, 6) is -0.865. The highest BCUT2D eigenvalue weighted by atomic mass is 19.1. The summed E-state index contributed by atoms with van der Waals surface area (Å²) >= 11 is 0. The molecule has 0 spiro atoms. The molecule has 0 aliphatic rings. The molecule has 2 aromatic carbocycles. The van der Waals surface area contributed by atoms with Crippen LogP contribution >= 0.6 is 0 Å². The summed E-state index contributed by atoms with van der Waals surface area (Å²) in [6.45, 7) is -0.254. The van der Waals surface area contributed by atoms with Crippen LogP contribution in [-0.4, -0.2) is 25.6 Å². The Morgan fingerprint density at radius 3 is 2.41 bits per heavy atom. The minimum atomic E-state index is -0.660. The summed E-state index contributed by atoms with van der Waals surface area (Å²) in [5.41, 5.74) is 1.43. The summed E-state index contributed by atoms with van der Waals surface area (Å²) in [5, 5.41) is 11.3. The Morgan fingerprint density at radius 1 is 1.15 bits per heavy atom. The zero-order valence-electron chi connectivity index (χ0n) is 14.8. The monoisotopic (exact) mass is 370 g/mol. The number of carbonyl (C=O) groups is 2. The van der Waals surface area contributed by atoms with Crippen LogP contribution in [0, 0.1) is 17.1 Å². The number of nitrogens with zero attached hydrogens (tertiary/aromatic N) is 1. The molecule has 0 aromatic heterocycles. The highest BCUT2D eigenvalue weighted by Crippen LogP contribution is 2.18. The van der Waals surface area contributed by atoms with E-state index in [4.69, 9.17) is 10.00 Å². The molecule has 1 atom stereocenters. The number of amides is 1. The van der Waals surface area contributed by atoms with Gasteiger partial charge in [0.25, 0.3) is 5.91 Å². The number of hydrogen-bond donors (Lipinski definition) is 1. The highest BCUT2D eigenvalue weighted by Gasteiger charge is 2.19. The molecule has 0 heterocycles. The van der Waals surface area contributed by atoms with Crippen LogP contribution in [0.3, 0.4) is 0 Å². The number of nitrogens with one attached hydrogen (secondary N) is 1. The van der Waals surface area contributed by atoms with Crippen molar-refractivity contribution in [3.05, 3.63) is 65.5 Å². The highest BCUT2D eigenvalue weighted by molar-refractivity contribution is 5.79. The van der Waals surface area contributed by atoms with E-state index in [0.29, 0.717) is 17.7 Å². The second-order valence-electron chi connectivity index (χ2n) is 5.72. The molecule has 1 N–H and O–H groups in total. The zero-order chi connectivity index (χ0) is 19.6. The van der Waals surface area contributed by atoms with Crippen molar-refractivity contribution in [1.29, 1.82) is 5.26 Å². The fraction of sp³-hybridized carbons (Fsp3) is 0.250. The number of esters is 1. The Morgan fingerprint density at radius 2 is 1.81 bits per heavy atom. The van der Waals surface area contributed by atoms with E-state index >= 15 is 0 Å². The van der Waals surface area contributed by atoms with E-state index in [0.717, 1.165) is 5.56 Å². The smallest absolute Gasteiger partial charge is 0.307 e. The van der Waals surface area contributed by atoms with Crippen LogP contribution in [0.2, 0.25) is 0 Å². The van der Waals surface area contributed by atoms with Gasteiger partial charge >= 0.3 is 5.97 Å². The maximum Gasteiger partial charge on any atom is 0.307 e. The molecule has 6 nitrogen and oxygen atoms in total. The third-order valence-electron chi connectivity index (χ3n) is 3.78. The predicted octanol–water partition coefficient (Wildman–Crippen LogP) is 2.69. The van der Waals surface area contributed by atoms with Crippen molar-refractivity contribution in [1.82, 2.24) is 5.32 Å². The molecule has 0 aliphatic heterocycles. The van der Waals surface area contributed by atoms with Crippen molar-refractivity contribution >= 4 is 11.9 Å². The molecule has 2 rings (SSSR count).